The fraction of sp³-hybridized carbons (Fsp3) is 0.350. The number of hydrogen-bond donors (Lipinski definition) is 1. The number of nitrogens with one attached hydrogen (secondary N) is 1. The maximum atomic E-state index is 13.5. The van der Waals surface area contributed by atoms with Crippen LogP contribution in [0, 0.1) is 18.7 Å². The Hall–Kier alpha value is -2.45. The first-order chi connectivity index (χ1) is 13.3. The molecule has 1 fully saturated rings. The van der Waals surface area contributed by atoms with Gasteiger partial charge in [-0.2, -0.15) is 4.31 Å². The minimum Gasteiger partial charge on any atom is -0.497 e. The lowest BCUT2D eigenvalue weighted by atomic mass is 9.98. The summed E-state index contributed by atoms with van der Waals surface area (Å²) in [4.78, 5) is 12.8. The van der Waals surface area contributed by atoms with Crippen molar-refractivity contribution in [2.45, 2.75) is 24.7 Å². The van der Waals surface area contributed by atoms with Gasteiger partial charge in [-0.3, -0.25) is 4.79 Å². The maximum absolute atomic E-state index is 13.5. The van der Waals surface area contributed by atoms with E-state index in [0.29, 0.717) is 30.8 Å². The first-order valence-electron chi connectivity index (χ1n) is 9.02. The molecule has 3 rings (SSSR count). The number of carbonyl (C=O) groups excluding carboxylic acids is 1. The molecule has 1 amide bonds. The normalized spacial score (nSPS) is 17.9. The number of rotatable bonds is 5. The molecule has 1 unspecified atom stereocenters. The highest BCUT2D eigenvalue weighted by Crippen LogP contribution is 2.26. The van der Waals surface area contributed by atoms with Crippen LogP contribution in [0.15, 0.2) is 47.4 Å². The number of anilines is 1. The molecule has 0 saturated carbocycles. The zero-order valence-electron chi connectivity index (χ0n) is 15.8. The molecule has 28 heavy (non-hydrogen) atoms. The average Bonchev–Trinajstić information content (AvgIpc) is 2.71. The van der Waals surface area contributed by atoms with E-state index in [9.17, 15) is 17.6 Å². The molecule has 150 valence electrons. The predicted molar refractivity (Wildman–Crippen MR) is 104 cm³/mol. The molecule has 1 aliphatic heterocycles. The molecule has 0 radical (unpaired) electrons. The number of amides is 1. The monoisotopic (exact) mass is 406 g/mol. The van der Waals surface area contributed by atoms with Gasteiger partial charge in [0, 0.05) is 18.8 Å². The van der Waals surface area contributed by atoms with Crippen LogP contribution in [-0.4, -0.2) is 38.8 Å². The van der Waals surface area contributed by atoms with Gasteiger partial charge < -0.3 is 10.1 Å². The Bertz CT molecular complexity index is 961. The first kappa shape index (κ1) is 20.3. The Morgan fingerprint density at radius 2 is 1.93 bits per heavy atom. The second-order valence-electron chi connectivity index (χ2n) is 6.83. The molecule has 0 bridgehead atoms. The van der Waals surface area contributed by atoms with Crippen molar-refractivity contribution in [1.82, 2.24) is 4.31 Å². The Kier molecular flexibility index (Phi) is 6.00. The lowest BCUT2D eigenvalue weighted by Crippen LogP contribution is -2.43. The number of nitrogens with zero attached hydrogens (tertiary/aromatic N) is 1. The number of sulfonamides is 1. The number of carbonyl (C=O) groups is 1. The smallest absolute Gasteiger partial charge is 0.243 e. The van der Waals surface area contributed by atoms with Gasteiger partial charge >= 0.3 is 0 Å². The summed E-state index contributed by atoms with van der Waals surface area (Å²) in [6, 6.07) is 10.4. The highest BCUT2D eigenvalue weighted by atomic mass is 32.2. The quantitative estimate of drug-likeness (QED) is 0.828. The van der Waals surface area contributed by atoms with Crippen molar-refractivity contribution in [2.24, 2.45) is 5.92 Å². The number of piperidine rings is 1. The summed E-state index contributed by atoms with van der Waals surface area (Å²) in [5.41, 5.74) is 1.15. The molecule has 1 atom stereocenters. The van der Waals surface area contributed by atoms with Gasteiger partial charge in [0.15, 0.2) is 0 Å². The van der Waals surface area contributed by atoms with E-state index in [0.717, 1.165) is 5.56 Å². The number of methoxy groups -OCH3 is 1. The molecule has 1 N–H and O–H groups in total. The summed E-state index contributed by atoms with van der Waals surface area (Å²) in [6.45, 7) is 2.22. The zero-order valence-corrected chi connectivity index (χ0v) is 16.6. The molecule has 0 spiro atoms. The van der Waals surface area contributed by atoms with E-state index >= 15 is 0 Å². The van der Waals surface area contributed by atoms with Crippen LogP contribution in [0.5, 0.6) is 5.75 Å². The van der Waals surface area contributed by atoms with E-state index in [1.54, 1.807) is 25.1 Å². The Morgan fingerprint density at radius 1 is 1.21 bits per heavy atom. The van der Waals surface area contributed by atoms with Gasteiger partial charge in [0.05, 0.1) is 17.9 Å². The fourth-order valence-electron chi connectivity index (χ4n) is 3.24. The first-order valence-corrected chi connectivity index (χ1v) is 10.5. The summed E-state index contributed by atoms with van der Waals surface area (Å²) >= 11 is 0. The van der Waals surface area contributed by atoms with Crippen molar-refractivity contribution in [2.75, 3.05) is 25.5 Å². The predicted octanol–water partition coefficient (Wildman–Crippen LogP) is 3.18. The van der Waals surface area contributed by atoms with Crippen molar-refractivity contribution in [1.29, 1.82) is 0 Å². The molecule has 1 aliphatic rings. The summed E-state index contributed by atoms with van der Waals surface area (Å²) in [7, 11) is -2.19. The molecule has 1 heterocycles. The van der Waals surface area contributed by atoms with Crippen LogP contribution in [-0.2, 0) is 14.8 Å². The van der Waals surface area contributed by atoms with Crippen LogP contribution in [0.25, 0.3) is 0 Å². The molecule has 0 aromatic heterocycles. The fourth-order valence-corrected chi connectivity index (χ4v) is 4.76. The molecule has 1 saturated heterocycles. The van der Waals surface area contributed by atoms with Crippen molar-refractivity contribution < 1.29 is 22.3 Å². The van der Waals surface area contributed by atoms with Crippen molar-refractivity contribution in [3.05, 3.63) is 53.8 Å². The second-order valence-corrected chi connectivity index (χ2v) is 8.76. The van der Waals surface area contributed by atoms with E-state index < -0.39 is 21.8 Å². The van der Waals surface area contributed by atoms with E-state index in [1.807, 2.05) is 0 Å². The van der Waals surface area contributed by atoms with Crippen molar-refractivity contribution in [3.8, 4) is 5.75 Å². The summed E-state index contributed by atoms with van der Waals surface area (Å²) in [5, 5.41) is 2.73. The number of ether oxygens (including phenoxy) is 1. The Morgan fingerprint density at radius 3 is 2.61 bits per heavy atom. The summed E-state index contributed by atoms with van der Waals surface area (Å²) < 4.78 is 45.7. The van der Waals surface area contributed by atoms with Gasteiger partial charge in [0.25, 0.3) is 0 Å². The number of benzene rings is 2. The third-order valence-corrected chi connectivity index (χ3v) is 6.79. The van der Waals surface area contributed by atoms with Gasteiger partial charge in [-0.1, -0.05) is 6.07 Å². The van der Waals surface area contributed by atoms with Crippen LogP contribution in [0.3, 0.4) is 0 Å². The molecule has 0 aliphatic carbocycles. The maximum Gasteiger partial charge on any atom is 0.243 e. The second kappa shape index (κ2) is 8.28. The highest BCUT2D eigenvalue weighted by Gasteiger charge is 2.33. The van der Waals surface area contributed by atoms with Crippen LogP contribution in [0.1, 0.15) is 18.4 Å². The van der Waals surface area contributed by atoms with Crippen LogP contribution in [0.2, 0.25) is 0 Å². The van der Waals surface area contributed by atoms with Crippen LogP contribution >= 0.6 is 0 Å². The largest absolute Gasteiger partial charge is 0.497 e. The van der Waals surface area contributed by atoms with E-state index in [1.165, 1.54) is 35.7 Å². The van der Waals surface area contributed by atoms with E-state index in [2.05, 4.69) is 5.32 Å². The van der Waals surface area contributed by atoms with Crippen molar-refractivity contribution in [3.63, 3.8) is 0 Å². The number of hydrogen-bond acceptors (Lipinski definition) is 4. The zero-order chi connectivity index (χ0) is 20.3. The average molecular weight is 406 g/mol. The van der Waals surface area contributed by atoms with Gasteiger partial charge in [-0.15, -0.1) is 0 Å². The SMILES string of the molecule is COc1ccc(S(=O)(=O)N2CCCC(C(=O)Nc3cc(F)ccc3C)C2)cc1. The lowest BCUT2D eigenvalue weighted by Gasteiger charge is -2.31. The lowest BCUT2D eigenvalue weighted by molar-refractivity contribution is -0.120. The molecular weight excluding hydrogens is 383 g/mol. The number of halogens is 1. The summed E-state index contributed by atoms with van der Waals surface area (Å²) in [5.74, 6) is -0.665. The third-order valence-electron chi connectivity index (χ3n) is 4.91. The van der Waals surface area contributed by atoms with E-state index in [-0.39, 0.29) is 17.3 Å². The highest BCUT2D eigenvalue weighted by molar-refractivity contribution is 7.89. The molecule has 6 nitrogen and oxygen atoms in total. The van der Waals surface area contributed by atoms with Crippen molar-refractivity contribution >= 4 is 21.6 Å². The molecule has 2 aromatic rings. The third kappa shape index (κ3) is 4.34. The molecule has 2 aromatic carbocycles. The van der Waals surface area contributed by atoms with Gasteiger partial charge in [-0.25, -0.2) is 12.8 Å². The van der Waals surface area contributed by atoms with Gasteiger partial charge in [0.2, 0.25) is 15.9 Å². The summed E-state index contributed by atoms with van der Waals surface area (Å²) in [6.07, 6.45) is 1.16. The minimum atomic E-state index is -3.70. The molecule has 8 heteroatoms. The van der Waals surface area contributed by atoms with Crippen LogP contribution < -0.4 is 10.1 Å². The van der Waals surface area contributed by atoms with Crippen LogP contribution in [0.4, 0.5) is 10.1 Å². The van der Waals surface area contributed by atoms with E-state index in [4.69, 9.17) is 4.74 Å². The minimum absolute atomic E-state index is 0.0918. The number of aryl methyl sites for hydroxylation is 1. The molecular formula is C20H23FN2O4S. The Balaban J connectivity index is 1.73. The Labute approximate surface area is 164 Å². The topological polar surface area (TPSA) is 75.7 Å². The van der Waals surface area contributed by atoms with Gasteiger partial charge in [0.1, 0.15) is 11.6 Å². The standard InChI is InChI=1S/C20H23FN2O4S/c1-14-5-6-16(21)12-19(14)22-20(24)15-4-3-11-23(13-15)28(25,26)18-9-7-17(27-2)8-10-18/h5-10,12,15H,3-4,11,13H2,1-2H3,(H,22,24). The van der Waals surface area contributed by atoms with Gasteiger partial charge in [-0.05, 0) is 61.7 Å².